The van der Waals surface area contributed by atoms with Crippen LogP contribution in [0, 0.1) is 12.7 Å². The van der Waals surface area contributed by atoms with Gasteiger partial charge in [0.05, 0.1) is 5.69 Å². The molecule has 152 valence electrons. The fourth-order valence-corrected chi connectivity index (χ4v) is 3.74. The van der Waals surface area contributed by atoms with Crippen molar-refractivity contribution in [1.82, 2.24) is 14.5 Å². The normalized spacial score (nSPS) is 12.1. The van der Waals surface area contributed by atoms with Crippen LogP contribution in [-0.4, -0.2) is 36.5 Å². The number of benzene rings is 2. The number of aromatic nitrogens is 2. The first-order chi connectivity index (χ1) is 13.8. The van der Waals surface area contributed by atoms with Crippen LogP contribution in [0.1, 0.15) is 23.2 Å². The Morgan fingerprint density at radius 1 is 1.10 bits per heavy atom. The first-order valence-corrected chi connectivity index (χ1v) is 10.9. The molecule has 0 atom stereocenters. The van der Waals surface area contributed by atoms with Gasteiger partial charge in [0.25, 0.3) is 0 Å². The number of aromatic amines is 1. The summed E-state index contributed by atoms with van der Waals surface area (Å²) in [4.78, 5) is 0. The first-order valence-electron chi connectivity index (χ1n) is 9.35. The van der Waals surface area contributed by atoms with Crippen molar-refractivity contribution in [3.05, 3.63) is 82.6 Å². The third kappa shape index (κ3) is 5.85. The maximum absolute atomic E-state index is 13.0. The number of hydrogen-bond donors (Lipinski definition) is 1. The lowest BCUT2D eigenvalue weighted by atomic mass is 10.1. The van der Waals surface area contributed by atoms with Crippen molar-refractivity contribution in [3.8, 4) is 11.3 Å². The van der Waals surface area contributed by atoms with Crippen LogP contribution in [0.5, 0.6) is 0 Å². The van der Waals surface area contributed by atoms with Crippen molar-refractivity contribution in [1.29, 1.82) is 0 Å². The van der Waals surface area contributed by atoms with Gasteiger partial charge in [0.1, 0.15) is 5.82 Å². The van der Waals surface area contributed by atoms with E-state index in [-0.39, 0.29) is 5.82 Å². The Morgan fingerprint density at radius 2 is 1.79 bits per heavy atom. The minimum absolute atomic E-state index is 0.287. The van der Waals surface area contributed by atoms with Gasteiger partial charge in [0.2, 0.25) is 10.0 Å². The zero-order valence-corrected chi connectivity index (χ0v) is 17.3. The van der Waals surface area contributed by atoms with Crippen LogP contribution in [0.25, 0.3) is 17.3 Å². The zero-order chi connectivity index (χ0) is 20.9. The highest BCUT2D eigenvalue weighted by Gasteiger charge is 2.14. The summed E-state index contributed by atoms with van der Waals surface area (Å²) in [6.07, 6.45) is 2.92. The summed E-state index contributed by atoms with van der Waals surface area (Å²) >= 11 is 0. The third-order valence-electron chi connectivity index (χ3n) is 4.63. The molecule has 29 heavy (non-hydrogen) atoms. The van der Waals surface area contributed by atoms with Gasteiger partial charge in [-0.1, -0.05) is 29.8 Å². The monoisotopic (exact) mass is 413 g/mol. The molecule has 0 aliphatic carbocycles. The highest BCUT2D eigenvalue weighted by atomic mass is 32.2. The fraction of sp³-hybridized carbons (Fsp3) is 0.227. The van der Waals surface area contributed by atoms with Crippen molar-refractivity contribution < 1.29 is 12.8 Å². The van der Waals surface area contributed by atoms with Gasteiger partial charge in [-0.15, -0.1) is 0 Å². The Morgan fingerprint density at radius 3 is 2.48 bits per heavy atom. The highest BCUT2D eigenvalue weighted by Crippen LogP contribution is 2.18. The molecule has 7 heteroatoms. The average Bonchev–Trinajstić information content (AvgIpc) is 3.17. The molecule has 5 nitrogen and oxygen atoms in total. The number of nitrogens with zero attached hydrogens (tertiary/aromatic N) is 2. The number of hydrogen-bond acceptors (Lipinski definition) is 3. The van der Waals surface area contributed by atoms with Crippen molar-refractivity contribution in [2.45, 2.75) is 19.8 Å². The Bertz CT molecular complexity index is 1070. The summed E-state index contributed by atoms with van der Waals surface area (Å²) < 4.78 is 39.2. The summed E-state index contributed by atoms with van der Waals surface area (Å²) in [6, 6.07) is 15.7. The second-order valence-electron chi connectivity index (χ2n) is 6.97. The predicted octanol–water partition coefficient (Wildman–Crippen LogP) is 4.39. The number of nitrogens with one attached hydrogen (secondary N) is 1. The smallest absolute Gasteiger partial charge is 0.235 e. The molecule has 0 bridgehead atoms. The molecule has 0 saturated carbocycles. The van der Waals surface area contributed by atoms with Gasteiger partial charge >= 0.3 is 0 Å². The van der Waals surface area contributed by atoms with E-state index in [0.29, 0.717) is 19.4 Å². The third-order valence-corrected chi connectivity index (χ3v) is 6.17. The van der Waals surface area contributed by atoms with Gasteiger partial charge in [-0.25, -0.2) is 17.1 Å². The lowest BCUT2D eigenvalue weighted by Gasteiger charge is -2.14. The van der Waals surface area contributed by atoms with Crippen LogP contribution in [0.2, 0.25) is 0 Å². The zero-order valence-electron chi connectivity index (χ0n) is 16.5. The van der Waals surface area contributed by atoms with E-state index in [1.165, 1.54) is 21.8 Å². The van der Waals surface area contributed by atoms with Crippen molar-refractivity contribution in [2.75, 3.05) is 13.6 Å². The van der Waals surface area contributed by atoms with E-state index in [4.69, 9.17) is 0 Å². The topological polar surface area (TPSA) is 66.1 Å². The van der Waals surface area contributed by atoms with Crippen LogP contribution in [0.15, 0.2) is 60.0 Å². The number of halogens is 1. The molecule has 0 spiro atoms. The van der Waals surface area contributed by atoms with Crippen LogP contribution in [-0.2, 0) is 16.4 Å². The van der Waals surface area contributed by atoms with Gasteiger partial charge in [-0.05, 0) is 61.7 Å². The molecular formula is C22H24FN3O2S. The van der Waals surface area contributed by atoms with Crippen LogP contribution in [0.4, 0.5) is 4.39 Å². The number of rotatable bonds is 8. The summed E-state index contributed by atoms with van der Waals surface area (Å²) in [5, 5.41) is 8.43. The molecule has 0 unspecified atom stereocenters. The molecular weight excluding hydrogens is 389 g/mol. The lowest BCUT2D eigenvalue weighted by Crippen LogP contribution is -2.26. The maximum atomic E-state index is 13.0. The molecule has 0 saturated heterocycles. The standard InChI is InChI=1S/C22H24FN3O2S/c1-17-5-7-18(8-6-17)13-15-29(27,28)26(2)14-3-4-21-16-22(25-24-21)19-9-11-20(23)12-10-19/h5-13,15-16H,3-4,14H2,1-2H3,(H,24,25). The van der Waals surface area contributed by atoms with E-state index in [1.807, 2.05) is 37.3 Å². The summed E-state index contributed by atoms with van der Waals surface area (Å²) in [6.45, 7) is 2.38. The molecule has 1 aromatic heterocycles. The molecule has 0 aliphatic rings. The van der Waals surface area contributed by atoms with Crippen LogP contribution < -0.4 is 0 Å². The van der Waals surface area contributed by atoms with Gasteiger partial charge in [0.15, 0.2) is 0 Å². The van der Waals surface area contributed by atoms with Gasteiger partial charge in [-0.3, -0.25) is 5.10 Å². The molecule has 0 aliphatic heterocycles. The van der Waals surface area contributed by atoms with E-state index in [1.54, 1.807) is 25.3 Å². The molecule has 3 aromatic rings. The SMILES string of the molecule is Cc1ccc(C=CS(=O)(=O)N(C)CCCc2cc(-c3ccc(F)cc3)n[nH]2)cc1. The molecule has 2 aromatic carbocycles. The number of H-pyrrole nitrogens is 1. The summed E-state index contributed by atoms with van der Waals surface area (Å²) in [7, 11) is -1.90. The van der Waals surface area contributed by atoms with E-state index >= 15 is 0 Å². The van der Waals surface area contributed by atoms with Crippen LogP contribution in [0.3, 0.4) is 0 Å². The molecule has 0 radical (unpaired) electrons. The second-order valence-corrected chi connectivity index (χ2v) is 8.89. The van der Waals surface area contributed by atoms with E-state index in [9.17, 15) is 12.8 Å². The minimum atomic E-state index is -3.47. The maximum Gasteiger partial charge on any atom is 0.235 e. The highest BCUT2D eigenvalue weighted by molar-refractivity contribution is 7.92. The van der Waals surface area contributed by atoms with Crippen LogP contribution >= 0.6 is 0 Å². The quantitative estimate of drug-likeness (QED) is 0.596. The van der Waals surface area contributed by atoms with E-state index < -0.39 is 10.0 Å². The second kappa shape index (κ2) is 9.15. The fourth-order valence-electron chi connectivity index (χ4n) is 2.82. The average molecular weight is 414 g/mol. The van der Waals surface area contributed by atoms with Crippen molar-refractivity contribution in [2.24, 2.45) is 0 Å². The molecule has 1 N–H and O–H groups in total. The molecule has 0 fully saturated rings. The Kier molecular flexibility index (Phi) is 6.61. The molecule has 1 heterocycles. The first kappa shape index (κ1) is 21.0. The van der Waals surface area contributed by atoms with Gasteiger partial charge in [0, 0.05) is 30.3 Å². The number of sulfonamides is 1. The Balaban J connectivity index is 1.53. The van der Waals surface area contributed by atoms with Crippen molar-refractivity contribution in [3.63, 3.8) is 0 Å². The summed E-state index contributed by atoms with van der Waals surface area (Å²) in [5.74, 6) is -0.287. The van der Waals surface area contributed by atoms with E-state index in [2.05, 4.69) is 10.2 Å². The Labute approximate surface area is 170 Å². The van der Waals surface area contributed by atoms with E-state index in [0.717, 1.165) is 28.1 Å². The molecule has 3 rings (SSSR count). The largest absolute Gasteiger partial charge is 0.282 e. The Hall–Kier alpha value is -2.77. The lowest BCUT2D eigenvalue weighted by molar-refractivity contribution is 0.468. The predicted molar refractivity (Wildman–Crippen MR) is 114 cm³/mol. The van der Waals surface area contributed by atoms with Gasteiger partial charge in [-0.2, -0.15) is 5.10 Å². The number of aryl methyl sites for hydroxylation is 2. The summed E-state index contributed by atoms with van der Waals surface area (Å²) in [5.41, 5.74) is 4.45. The van der Waals surface area contributed by atoms with Gasteiger partial charge < -0.3 is 0 Å². The molecule has 0 amide bonds. The minimum Gasteiger partial charge on any atom is -0.282 e. The van der Waals surface area contributed by atoms with Crippen molar-refractivity contribution >= 4 is 16.1 Å².